The molecule has 3 N–H and O–H groups in total. The Balaban J connectivity index is 1.55. The maximum Gasteiger partial charge on any atom is 0.416 e. The second kappa shape index (κ2) is 10.7. The Morgan fingerprint density at radius 2 is 1.68 bits per heavy atom. The number of fused-ring (bicyclic) bond motifs is 1. The molecule has 0 bridgehead atoms. The molecule has 0 radical (unpaired) electrons. The first-order chi connectivity index (χ1) is 19.4. The number of ether oxygens (including phenoxy) is 1. The van der Waals surface area contributed by atoms with Crippen LogP contribution < -0.4 is 15.2 Å². The lowest BCUT2D eigenvalue weighted by Crippen LogP contribution is -2.19. The molecule has 3 aromatic carbocycles. The fourth-order valence-corrected chi connectivity index (χ4v) is 5.56. The highest BCUT2D eigenvalue weighted by Gasteiger charge is 2.34. The number of alkyl halides is 3. The number of sulfonamides is 1. The number of halogens is 4. The van der Waals surface area contributed by atoms with Gasteiger partial charge in [-0.2, -0.15) is 13.2 Å². The Morgan fingerprint density at radius 1 is 0.927 bits per heavy atom. The van der Waals surface area contributed by atoms with Gasteiger partial charge in [0.1, 0.15) is 11.6 Å². The van der Waals surface area contributed by atoms with Crippen molar-refractivity contribution in [3.05, 3.63) is 102 Å². The number of nitrogens with one attached hydrogen (secondary N) is 1. The van der Waals surface area contributed by atoms with Crippen LogP contribution in [0.25, 0.3) is 22.0 Å². The summed E-state index contributed by atoms with van der Waals surface area (Å²) < 4.78 is 89.7. The first kappa shape index (κ1) is 27.8. The number of hydrogen-bond acceptors (Lipinski definition) is 7. The van der Waals surface area contributed by atoms with E-state index >= 15 is 4.39 Å². The second-order valence-corrected chi connectivity index (χ2v) is 10.7. The summed E-state index contributed by atoms with van der Waals surface area (Å²) in [7, 11) is -4.48. The largest absolute Gasteiger partial charge is 0.437 e. The molecule has 0 atom stereocenters. The van der Waals surface area contributed by atoms with Crippen LogP contribution in [-0.4, -0.2) is 23.4 Å². The van der Waals surface area contributed by atoms with Gasteiger partial charge in [-0.05, 0) is 54.4 Å². The molecule has 0 spiro atoms. The minimum atomic E-state index is -4.76. The summed E-state index contributed by atoms with van der Waals surface area (Å²) in [5, 5.41) is 0.459. The van der Waals surface area contributed by atoms with E-state index < -0.39 is 44.6 Å². The third kappa shape index (κ3) is 5.89. The van der Waals surface area contributed by atoms with Crippen molar-refractivity contribution < 1.29 is 30.7 Å². The van der Waals surface area contributed by atoms with Crippen molar-refractivity contribution in [2.24, 2.45) is 0 Å². The van der Waals surface area contributed by atoms with Gasteiger partial charge in [0, 0.05) is 23.2 Å². The number of nitrogen functional groups attached to an aromatic ring is 1. The molecule has 0 aliphatic rings. The number of benzene rings is 3. The molecule has 8 nitrogen and oxygen atoms in total. The van der Waals surface area contributed by atoms with Gasteiger partial charge in [0.05, 0.1) is 28.3 Å². The minimum absolute atomic E-state index is 0.0453. The highest BCUT2D eigenvalue weighted by molar-refractivity contribution is 7.91. The van der Waals surface area contributed by atoms with E-state index in [2.05, 4.69) is 19.7 Å². The summed E-state index contributed by atoms with van der Waals surface area (Å²) in [5.41, 5.74) is 5.29. The topological polar surface area (TPSA) is 120 Å². The highest BCUT2D eigenvalue weighted by atomic mass is 32.2. The third-order valence-corrected chi connectivity index (χ3v) is 7.35. The first-order valence-electron chi connectivity index (χ1n) is 12.0. The predicted molar refractivity (Wildman–Crippen MR) is 146 cm³/mol. The number of anilines is 2. The molecule has 0 fully saturated rings. The van der Waals surface area contributed by atoms with Crippen LogP contribution in [0.2, 0.25) is 0 Å². The van der Waals surface area contributed by atoms with E-state index in [0.29, 0.717) is 22.2 Å². The minimum Gasteiger partial charge on any atom is -0.437 e. The SMILES string of the molecule is Cc1ccc2c(NS(=O)(=O)Cc3ccccc3C(F)(F)F)c(F)ccc2c1Oc1ncccc1-c1ccnc(N)n1. The quantitative estimate of drug-likeness (QED) is 0.211. The van der Waals surface area contributed by atoms with Crippen LogP contribution in [0, 0.1) is 12.7 Å². The van der Waals surface area contributed by atoms with Crippen LogP contribution in [0.3, 0.4) is 0 Å². The van der Waals surface area contributed by atoms with Gasteiger partial charge < -0.3 is 10.5 Å². The van der Waals surface area contributed by atoms with E-state index in [1.165, 1.54) is 30.6 Å². The van der Waals surface area contributed by atoms with Gasteiger partial charge in [0.15, 0.2) is 0 Å². The predicted octanol–water partition coefficient (Wildman–Crippen LogP) is 6.47. The van der Waals surface area contributed by atoms with E-state index in [1.54, 1.807) is 31.2 Å². The summed E-state index contributed by atoms with van der Waals surface area (Å²) in [6.07, 6.45) is -1.78. The lowest BCUT2D eigenvalue weighted by Gasteiger charge is -2.17. The fourth-order valence-electron chi connectivity index (χ4n) is 4.31. The molecule has 0 saturated heterocycles. The van der Waals surface area contributed by atoms with Crippen molar-refractivity contribution in [3.63, 3.8) is 0 Å². The van der Waals surface area contributed by atoms with Crippen molar-refractivity contribution in [1.29, 1.82) is 0 Å². The molecule has 0 unspecified atom stereocenters. The number of nitrogens with zero attached hydrogens (tertiary/aromatic N) is 3. The Morgan fingerprint density at radius 3 is 2.44 bits per heavy atom. The van der Waals surface area contributed by atoms with Crippen LogP contribution >= 0.6 is 0 Å². The molecule has 13 heteroatoms. The zero-order valence-corrected chi connectivity index (χ0v) is 22.1. The second-order valence-electron chi connectivity index (χ2n) is 9.00. The van der Waals surface area contributed by atoms with E-state index in [4.69, 9.17) is 10.5 Å². The van der Waals surface area contributed by atoms with Crippen molar-refractivity contribution in [3.8, 4) is 22.9 Å². The summed E-state index contributed by atoms with van der Waals surface area (Å²) in [6.45, 7) is 1.74. The van der Waals surface area contributed by atoms with Gasteiger partial charge in [-0.25, -0.2) is 27.8 Å². The standard InChI is InChI=1S/C28H21F4N5O3S/c1-16-8-9-18-19(25(16)40-26-20(6-4-13-34-26)23-12-14-35-27(33)36-23)10-11-22(29)24(18)37-41(38,39)15-17-5-2-3-7-21(17)28(30,31)32/h2-14,37H,15H2,1H3,(H2,33,35,36). The molecular weight excluding hydrogens is 562 g/mol. The molecule has 5 rings (SSSR count). The van der Waals surface area contributed by atoms with Crippen molar-refractivity contribution in [2.45, 2.75) is 18.9 Å². The number of rotatable bonds is 7. The fraction of sp³-hybridized carbons (Fsp3) is 0.107. The number of hydrogen-bond donors (Lipinski definition) is 2. The van der Waals surface area contributed by atoms with Gasteiger partial charge in [-0.3, -0.25) is 4.72 Å². The van der Waals surface area contributed by atoms with Crippen LogP contribution in [0.5, 0.6) is 11.6 Å². The molecule has 41 heavy (non-hydrogen) atoms. The average Bonchev–Trinajstić information content (AvgIpc) is 2.91. The van der Waals surface area contributed by atoms with Gasteiger partial charge in [-0.1, -0.05) is 30.3 Å². The van der Waals surface area contributed by atoms with Gasteiger partial charge >= 0.3 is 6.18 Å². The molecule has 0 saturated carbocycles. The zero-order chi connectivity index (χ0) is 29.4. The number of aryl methyl sites for hydroxylation is 1. The van der Waals surface area contributed by atoms with E-state index in [1.807, 2.05) is 0 Å². The lowest BCUT2D eigenvalue weighted by atomic mass is 10.0. The van der Waals surface area contributed by atoms with Gasteiger partial charge in [-0.15, -0.1) is 0 Å². The van der Waals surface area contributed by atoms with Crippen LogP contribution in [0.4, 0.5) is 29.2 Å². The third-order valence-electron chi connectivity index (χ3n) is 6.14. The zero-order valence-electron chi connectivity index (χ0n) is 21.3. The molecule has 0 amide bonds. The molecule has 2 aromatic heterocycles. The molecule has 0 aliphatic heterocycles. The Kier molecular flexibility index (Phi) is 7.22. The number of aromatic nitrogens is 3. The number of pyridine rings is 1. The Bertz CT molecular complexity index is 1880. The van der Waals surface area contributed by atoms with Gasteiger partial charge in [0.2, 0.25) is 21.9 Å². The molecule has 210 valence electrons. The maximum atomic E-state index is 15.1. The van der Waals surface area contributed by atoms with E-state index in [9.17, 15) is 21.6 Å². The first-order valence-corrected chi connectivity index (χ1v) is 13.7. The van der Waals surface area contributed by atoms with Crippen molar-refractivity contribution >= 4 is 32.4 Å². The maximum absolute atomic E-state index is 15.1. The Labute approximate surface area is 231 Å². The summed E-state index contributed by atoms with van der Waals surface area (Å²) in [4.78, 5) is 12.4. The van der Waals surface area contributed by atoms with E-state index in [-0.39, 0.29) is 23.0 Å². The van der Waals surface area contributed by atoms with E-state index in [0.717, 1.165) is 24.3 Å². The number of nitrogens with two attached hydrogens (primary N) is 1. The molecule has 5 aromatic rings. The molecule has 2 heterocycles. The monoisotopic (exact) mass is 583 g/mol. The highest BCUT2D eigenvalue weighted by Crippen LogP contribution is 2.40. The Hall–Kier alpha value is -4.78. The normalized spacial score (nSPS) is 11.9. The summed E-state index contributed by atoms with van der Waals surface area (Å²) >= 11 is 0. The smallest absolute Gasteiger partial charge is 0.416 e. The molecule has 0 aliphatic carbocycles. The van der Waals surface area contributed by atoms with Gasteiger partial charge in [0.25, 0.3) is 0 Å². The summed E-state index contributed by atoms with van der Waals surface area (Å²) in [6, 6.07) is 14.9. The van der Waals surface area contributed by atoms with Crippen LogP contribution in [0.15, 0.2) is 79.1 Å². The van der Waals surface area contributed by atoms with Crippen molar-refractivity contribution in [1.82, 2.24) is 15.0 Å². The van der Waals surface area contributed by atoms with Crippen LogP contribution in [-0.2, 0) is 22.0 Å². The van der Waals surface area contributed by atoms with Crippen molar-refractivity contribution in [2.75, 3.05) is 10.5 Å². The average molecular weight is 584 g/mol. The lowest BCUT2D eigenvalue weighted by molar-refractivity contribution is -0.138. The summed E-state index contributed by atoms with van der Waals surface area (Å²) in [5.74, 6) is -1.49. The van der Waals surface area contributed by atoms with Crippen LogP contribution in [0.1, 0.15) is 16.7 Å². The molecular formula is C28H21F4N5O3S.